The number of hydrogen-bond acceptors (Lipinski definition) is 2. The summed E-state index contributed by atoms with van der Waals surface area (Å²) in [5.74, 6) is 1.53. The van der Waals surface area contributed by atoms with Crippen LogP contribution in [0.1, 0.15) is 50.0 Å². The number of benzene rings is 1. The van der Waals surface area contributed by atoms with Gasteiger partial charge in [0.05, 0.1) is 5.41 Å². The number of carbonyl (C=O) groups excluding carboxylic acids is 1. The fourth-order valence-corrected chi connectivity index (χ4v) is 4.75. The van der Waals surface area contributed by atoms with E-state index in [9.17, 15) is 4.79 Å². The van der Waals surface area contributed by atoms with Gasteiger partial charge in [-0.05, 0) is 49.6 Å². The third-order valence-electron chi connectivity index (χ3n) is 6.23. The summed E-state index contributed by atoms with van der Waals surface area (Å²) in [6, 6.07) is 11.1. The second kappa shape index (κ2) is 6.82. The van der Waals surface area contributed by atoms with E-state index >= 15 is 0 Å². The van der Waals surface area contributed by atoms with Gasteiger partial charge in [0.1, 0.15) is 0 Å². The van der Waals surface area contributed by atoms with Crippen LogP contribution < -0.4 is 10.6 Å². The van der Waals surface area contributed by atoms with Crippen LogP contribution >= 0.6 is 12.4 Å². The highest BCUT2D eigenvalue weighted by Gasteiger charge is 2.50. The first-order chi connectivity index (χ1) is 10.8. The van der Waals surface area contributed by atoms with E-state index in [2.05, 4.69) is 41.0 Å². The molecule has 1 saturated heterocycles. The standard InChI is InChI=1S/C19H26N2O.ClH/c22-18(19-9-5-4-8-16(19)12-20-13-19)21-17-10-15(11-17)14-6-2-1-3-7-14;/h1-3,6-7,15-17,20H,4-5,8-13H2,(H,21,22);1H/t15?,16-,17?,19+;/m0./s1. The first kappa shape index (κ1) is 16.8. The lowest BCUT2D eigenvalue weighted by Crippen LogP contribution is -2.53. The number of carbonyl (C=O) groups is 1. The van der Waals surface area contributed by atoms with Crippen molar-refractivity contribution in [2.75, 3.05) is 13.1 Å². The fraction of sp³-hybridized carbons (Fsp3) is 0.632. The Kier molecular flexibility index (Phi) is 4.98. The topological polar surface area (TPSA) is 41.1 Å². The van der Waals surface area contributed by atoms with Crippen LogP contribution in [0.5, 0.6) is 0 Å². The largest absolute Gasteiger partial charge is 0.353 e. The average molecular weight is 335 g/mol. The van der Waals surface area contributed by atoms with Crippen LogP contribution in [0.3, 0.4) is 0 Å². The molecule has 1 amide bonds. The van der Waals surface area contributed by atoms with Gasteiger partial charge < -0.3 is 10.6 Å². The van der Waals surface area contributed by atoms with E-state index in [0.717, 1.165) is 32.4 Å². The van der Waals surface area contributed by atoms with Crippen LogP contribution in [0, 0.1) is 11.3 Å². The molecule has 1 heterocycles. The van der Waals surface area contributed by atoms with Gasteiger partial charge >= 0.3 is 0 Å². The van der Waals surface area contributed by atoms with Crippen molar-refractivity contribution in [3.8, 4) is 0 Å². The lowest BCUT2D eigenvalue weighted by Gasteiger charge is -2.42. The van der Waals surface area contributed by atoms with E-state index in [1.54, 1.807) is 0 Å². The third kappa shape index (κ3) is 3.01. The molecule has 3 nitrogen and oxygen atoms in total. The molecule has 0 aromatic heterocycles. The molecule has 4 rings (SSSR count). The van der Waals surface area contributed by atoms with Gasteiger partial charge in [-0.1, -0.05) is 43.2 Å². The molecule has 3 aliphatic rings. The van der Waals surface area contributed by atoms with E-state index in [4.69, 9.17) is 0 Å². The number of amides is 1. The van der Waals surface area contributed by atoms with Crippen molar-refractivity contribution in [2.24, 2.45) is 11.3 Å². The maximum Gasteiger partial charge on any atom is 0.228 e. The molecule has 1 aromatic rings. The van der Waals surface area contributed by atoms with E-state index in [1.165, 1.54) is 24.8 Å². The molecule has 2 atom stereocenters. The number of rotatable bonds is 3. The van der Waals surface area contributed by atoms with E-state index in [0.29, 0.717) is 23.8 Å². The van der Waals surface area contributed by atoms with Gasteiger partial charge in [0.15, 0.2) is 0 Å². The van der Waals surface area contributed by atoms with Gasteiger partial charge in [0.25, 0.3) is 0 Å². The summed E-state index contributed by atoms with van der Waals surface area (Å²) < 4.78 is 0. The Hall–Kier alpha value is -1.06. The predicted octanol–water partition coefficient (Wildman–Crippen LogP) is 3.25. The van der Waals surface area contributed by atoms with Crippen LogP contribution in [0.4, 0.5) is 0 Å². The molecule has 0 radical (unpaired) electrons. The zero-order valence-electron chi connectivity index (χ0n) is 13.6. The van der Waals surface area contributed by atoms with Crippen molar-refractivity contribution in [2.45, 2.75) is 50.5 Å². The zero-order valence-corrected chi connectivity index (χ0v) is 14.4. The van der Waals surface area contributed by atoms with Crippen molar-refractivity contribution in [3.05, 3.63) is 35.9 Å². The normalized spacial score (nSPS) is 35.6. The minimum atomic E-state index is -0.101. The molecule has 1 aromatic carbocycles. The quantitative estimate of drug-likeness (QED) is 0.891. The Balaban J connectivity index is 0.00000156. The Morgan fingerprint density at radius 2 is 1.96 bits per heavy atom. The molecule has 2 aliphatic carbocycles. The molecule has 0 spiro atoms. The molecule has 23 heavy (non-hydrogen) atoms. The number of hydrogen-bond donors (Lipinski definition) is 2. The molecule has 0 bridgehead atoms. The van der Waals surface area contributed by atoms with Crippen molar-refractivity contribution >= 4 is 18.3 Å². The highest BCUT2D eigenvalue weighted by molar-refractivity contribution is 5.85. The summed E-state index contributed by atoms with van der Waals surface area (Å²) in [5.41, 5.74) is 1.32. The minimum absolute atomic E-state index is 0. The molecular formula is C19H27ClN2O. The van der Waals surface area contributed by atoms with Gasteiger partial charge in [-0.15, -0.1) is 12.4 Å². The highest BCUT2D eigenvalue weighted by atomic mass is 35.5. The first-order valence-electron chi connectivity index (χ1n) is 8.84. The van der Waals surface area contributed by atoms with Gasteiger partial charge in [0, 0.05) is 12.6 Å². The Bertz CT molecular complexity index is 544. The van der Waals surface area contributed by atoms with Crippen LogP contribution in [-0.4, -0.2) is 25.0 Å². The summed E-state index contributed by atoms with van der Waals surface area (Å²) in [6.07, 6.45) is 7.00. The first-order valence-corrected chi connectivity index (χ1v) is 8.84. The van der Waals surface area contributed by atoms with Gasteiger partial charge in [-0.25, -0.2) is 0 Å². The van der Waals surface area contributed by atoms with Crippen LogP contribution in [-0.2, 0) is 4.79 Å². The van der Waals surface area contributed by atoms with E-state index < -0.39 is 0 Å². The van der Waals surface area contributed by atoms with Crippen LogP contribution in [0.25, 0.3) is 0 Å². The van der Waals surface area contributed by atoms with Crippen molar-refractivity contribution in [1.29, 1.82) is 0 Å². The maximum atomic E-state index is 12.9. The Morgan fingerprint density at radius 1 is 1.17 bits per heavy atom. The summed E-state index contributed by atoms with van der Waals surface area (Å²) in [5, 5.41) is 6.84. The molecule has 126 valence electrons. The molecule has 2 saturated carbocycles. The predicted molar refractivity (Wildman–Crippen MR) is 94.9 cm³/mol. The smallest absolute Gasteiger partial charge is 0.228 e. The van der Waals surface area contributed by atoms with Gasteiger partial charge in [-0.3, -0.25) is 4.79 Å². The molecule has 0 unspecified atom stereocenters. The molecule has 4 heteroatoms. The van der Waals surface area contributed by atoms with Crippen molar-refractivity contribution < 1.29 is 4.79 Å². The number of halogens is 1. The Morgan fingerprint density at radius 3 is 2.74 bits per heavy atom. The highest BCUT2D eigenvalue weighted by Crippen LogP contribution is 2.45. The number of nitrogens with one attached hydrogen (secondary N) is 2. The van der Waals surface area contributed by atoms with E-state index in [-0.39, 0.29) is 17.8 Å². The summed E-state index contributed by atoms with van der Waals surface area (Å²) >= 11 is 0. The number of fused-ring (bicyclic) bond motifs is 1. The van der Waals surface area contributed by atoms with Gasteiger partial charge in [-0.2, -0.15) is 0 Å². The summed E-state index contributed by atoms with van der Waals surface area (Å²) in [7, 11) is 0. The van der Waals surface area contributed by atoms with Crippen LogP contribution in [0.15, 0.2) is 30.3 Å². The molecule has 1 aliphatic heterocycles. The maximum absolute atomic E-state index is 12.9. The van der Waals surface area contributed by atoms with Crippen molar-refractivity contribution in [1.82, 2.24) is 10.6 Å². The lowest BCUT2D eigenvalue weighted by molar-refractivity contribution is -0.135. The molecule has 3 fully saturated rings. The third-order valence-corrected chi connectivity index (χ3v) is 6.23. The fourth-order valence-electron chi connectivity index (χ4n) is 4.75. The second-order valence-electron chi connectivity index (χ2n) is 7.48. The SMILES string of the molecule is Cl.O=C(NC1CC(c2ccccc2)C1)[C@@]12CCCC[C@H]1CNC2. The zero-order chi connectivity index (χ0) is 15.0. The van der Waals surface area contributed by atoms with Gasteiger partial charge in [0.2, 0.25) is 5.91 Å². The monoisotopic (exact) mass is 334 g/mol. The Labute approximate surface area is 145 Å². The average Bonchev–Trinajstić information content (AvgIpc) is 2.96. The summed E-state index contributed by atoms with van der Waals surface area (Å²) in [4.78, 5) is 12.9. The van der Waals surface area contributed by atoms with Crippen LogP contribution in [0.2, 0.25) is 0 Å². The lowest BCUT2D eigenvalue weighted by atomic mass is 9.67. The van der Waals surface area contributed by atoms with E-state index in [1.807, 2.05) is 0 Å². The summed E-state index contributed by atoms with van der Waals surface area (Å²) in [6.45, 7) is 1.92. The van der Waals surface area contributed by atoms with Crippen molar-refractivity contribution in [3.63, 3.8) is 0 Å². The molecule has 2 N–H and O–H groups in total. The second-order valence-corrected chi connectivity index (χ2v) is 7.48. The molecular weight excluding hydrogens is 308 g/mol. The minimum Gasteiger partial charge on any atom is -0.353 e.